The average molecular weight is 392 g/mol. The van der Waals surface area contributed by atoms with Gasteiger partial charge in [0.2, 0.25) is 0 Å². The van der Waals surface area contributed by atoms with E-state index >= 15 is 0 Å². The first kappa shape index (κ1) is 19.1. The number of nitrogens with one attached hydrogen (secondary N) is 1. The van der Waals surface area contributed by atoms with E-state index in [0.717, 1.165) is 31.4 Å². The molecular formula is C22H24N4O3. The zero-order valence-corrected chi connectivity index (χ0v) is 16.5. The Morgan fingerprint density at radius 1 is 1.07 bits per heavy atom. The molecule has 150 valence electrons. The summed E-state index contributed by atoms with van der Waals surface area (Å²) in [6.45, 7) is 2.08. The van der Waals surface area contributed by atoms with Crippen molar-refractivity contribution in [3.8, 4) is 0 Å². The summed E-state index contributed by atoms with van der Waals surface area (Å²) in [5.74, 6) is -0.657. The van der Waals surface area contributed by atoms with Crippen LogP contribution in [0.15, 0.2) is 36.7 Å². The van der Waals surface area contributed by atoms with Crippen LogP contribution in [0.2, 0.25) is 0 Å². The van der Waals surface area contributed by atoms with Crippen LogP contribution in [0.4, 0.5) is 5.69 Å². The van der Waals surface area contributed by atoms with Crippen LogP contribution in [0.1, 0.15) is 64.6 Å². The number of amides is 1. The number of hydrogen-bond donors (Lipinski definition) is 1. The number of rotatable bonds is 4. The Morgan fingerprint density at radius 3 is 2.59 bits per heavy atom. The molecule has 7 heteroatoms. The van der Waals surface area contributed by atoms with Crippen molar-refractivity contribution < 1.29 is 14.3 Å². The summed E-state index contributed by atoms with van der Waals surface area (Å²) in [6.07, 6.45) is 10.2. The van der Waals surface area contributed by atoms with Crippen LogP contribution in [0.25, 0.3) is 5.65 Å². The number of fused-ring (bicyclic) bond motifs is 3. The molecule has 0 saturated heterocycles. The van der Waals surface area contributed by atoms with Crippen LogP contribution in [0.3, 0.4) is 0 Å². The van der Waals surface area contributed by atoms with Gasteiger partial charge in [-0.05, 0) is 62.4 Å². The Balaban J connectivity index is 1.56. The number of aromatic nitrogens is 3. The minimum absolute atomic E-state index is 0.276. The molecule has 0 atom stereocenters. The molecule has 2 heterocycles. The van der Waals surface area contributed by atoms with Crippen LogP contribution < -0.4 is 5.32 Å². The molecule has 0 unspecified atom stereocenters. The quantitative estimate of drug-likeness (QED) is 0.682. The lowest BCUT2D eigenvalue weighted by Gasteiger charge is -2.14. The predicted octanol–water partition coefficient (Wildman–Crippen LogP) is 3.82. The summed E-state index contributed by atoms with van der Waals surface area (Å²) in [5, 5.41) is 7.31. The van der Waals surface area contributed by atoms with Gasteiger partial charge in [0.05, 0.1) is 18.4 Å². The molecule has 1 aliphatic rings. The number of esters is 1. The Labute approximate surface area is 169 Å². The van der Waals surface area contributed by atoms with Crippen molar-refractivity contribution >= 4 is 23.2 Å². The van der Waals surface area contributed by atoms with Crippen molar-refractivity contribution in [2.75, 3.05) is 11.9 Å². The SMILES string of the molecule is CCOC(=O)c1ccc(NC(=O)c2cnn3c4c(cnc23)CCCCCC4)cc1. The van der Waals surface area contributed by atoms with Gasteiger partial charge in [0.1, 0.15) is 5.56 Å². The van der Waals surface area contributed by atoms with E-state index in [9.17, 15) is 9.59 Å². The normalized spacial score (nSPS) is 14.0. The zero-order chi connectivity index (χ0) is 20.2. The Hall–Kier alpha value is -3.22. The molecule has 0 radical (unpaired) electrons. The first-order valence-electron chi connectivity index (χ1n) is 10.1. The van der Waals surface area contributed by atoms with E-state index in [-0.39, 0.29) is 11.9 Å². The highest BCUT2D eigenvalue weighted by molar-refractivity contribution is 6.08. The molecule has 1 N–H and O–H groups in total. The van der Waals surface area contributed by atoms with Gasteiger partial charge in [-0.15, -0.1) is 0 Å². The average Bonchev–Trinajstić information content (AvgIpc) is 3.13. The lowest BCUT2D eigenvalue weighted by atomic mass is 9.98. The summed E-state index contributed by atoms with van der Waals surface area (Å²) >= 11 is 0. The van der Waals surface area contributed by atoms with Crippen molar-refractivity contribution in [1.29, 1.82) is 0 Å². The first-order chi connectivity index (χ1) is 14.2. The minimum Gasteiger partial charge on any atom is -0.462 e. The fraction of sp³-hybridized carbons (Fsp3) is 0.364. The summed E-state index contributed by atoms with van der Waals surface area (Å²) in [6, 6.07) is 6.62. The van der Waals surface area contributed by atoms with Gasteiger partial charge in [0, 0.05) is 17.6 Å². The maximum Gasteiger partial charge on any atom is 0.338 e. The number of aryl methyl sites for hydroxylation is 2. The van der Waals surface area contributed by atoms with E-state index in [2.05, 4.69) is 15.4 Å². The number of carbonyl (C=O) groups is 2. The summed E-state index contributed by atoms with van der Waals surface area (Å²) in [4.78, 5) is 29.1. The van der Waals surface area contributed by atoms with E-state index in [1.807, 2.05) is 10.7 Å². The second-order valence-corrected chi connectivity index (χ2v) is 7.19. The molecule has 0 spiro atoms. The highest BCUT2D eigenvalue weighted by Crippen LogP contribution is 2.22. The van der Waals surface area contributed by atoms with E-state index in [0.29, 0.717) is 29.1 Å². The van der Waals surface area contributed by atoms with Gasteiger partial charge in [0.25, 0.3) is 5.91 Å². The summed E-state index contributed by atoms with van der Waals surface area (Å²) < 4.78 is 6.79. The zero-order valence-electron chi connectivity index (χ0n) is 16.5. The topological polar surface area (TPSA) is 85.6 Å². The number of hydrogen-bond acceptors (Lipinski definition) is 5. The fourth-order valence-electron chi connectivity index (χ4n) is 3.71. The van der Waals surface area contributed by atoms with Gasteiger partial charge in [0.15, 0.2) is 5.65 Å². The lowest BCUT2D eigenvalue weighted by molar-refractivity contribution is 0.0526. The van der Waals surface area contributed by atoms with E-state index in [1.165, 1.54) is 18.4 Å². The van der Waals surface area contributed by atoms with Gasteiger partial charge in [-0.3, -0.25) is 4.79 Å². The number of ether oxygens (including phenoxy) is 1. The van der Waals surface area contributed by atoms with Crippen LogP contribution in [0, 0.1) is 0 Å². The molecule has 29 heavy (non-hydrogen) atoms. The number of carbonyl (C=O) groups excluding carboxylic acids is 2. The van der Waals surface area contributed by atoms with Crippen molar-refractivity contribution in [2.24, 2.45) is 0 Å². The van der Waals surface area contributed by atoms with Crippen molar-refractivity contribution in [3.63, 3.8) is 0 Å². The first-order valence-corrected chi connectivity index (χ1v) is 10.1. The summed E-state index contributed by atoms with van der Waals surface area (Å²) in [7, 11) is 0. The highest BCUT2D eigenvalue weighted by Gasteiger charge is 2.19. The number of anilines is 1. The van der Waals surface area contributed by atoms with Crippen LogP contribution in [-0.2, 0) is 17.6 Å². The van der Waals surface area contributed by atoms with E-state index in [4.69, 9.17) is 4.74 Å². The number of benzene rings is 1. The van der Waals surface area contributed by atoms with Crippen molar-refractivity contribution in [2.45, 2.75) is 45.4 Å². The lowest BCUT2D eigenvalue weighted by Crippen LogP contribution is -2.13. The molecule has 4 rings (SSSR count). The van der Waals surface area contributed by atoms with Gasteiger partial charge in [-0.25, -0.2) is 14.3 Å². The second-order valence-electron chi connectivity index (χ2n) is 7.19. The molecule has 0 aliphatic heterocycles. The third kappa shape index (κ3) is 3.99. The predicted molar refractivity (Wildman–Crippen MR) is 109 cm³/mol. The monoisotopic (exact) mass is 392 g/mol. The highest BCUT2D eigenvalue weighted by atomic mass is 16.5. The second kappa shape index (κ2) is 8.43. The molecule has 0 saturated carbocycles. The molecule has 1 aromatic carbocycles. The van der Waals surface area contributed by atoms with Crippen molar-refractivity contribution in [1.82, 2.24) is 14.6 Å². The summed E-state index contributed by atoms with van der Waals surface area (Å²) in [5.41, 5.74) is 4.43. The van der Waals surface area contributed by atoms with E-state index < -0.39 is 0 Å². The number of nitrogens with zero attached hydrogens (tertiary/aromatic N) is 3. The fourth-order valence-corrected chi connectivity index (χ4v) is 3.71. The Kier molecular flexibility index (Phi) is 5.55. The maximum absolute atomic E-state index is 12.8. The smallest absolute Gasteiger partial charge is 0.338 e. The van der Waals surface area contributed by atoms with E-state index in [1.54, 1.807) is 37.4 Å². The van der Waals surface area contributed by atoms with Crippen LogP contribution >= 0.6 is 0 Å². The molecule has 1 amide bonds. The van der Waals surface area contributed by atoms with Gasteiger partial charge >= 0.3 is 5.97 Å². The van der Waals surface area contributed by atoms with Crippen LogP contribution in [-0.4, -0.2) is 33.1 Å². The standard InChI is InChI=1S/C22H24N4O3/c1-2-29-22(28)15-9-11-17(12-10-15)25-21(27)18-14-24-26-19-8-6-4-3-5-7-16(19)13-23-20(18)26/h9-14H,2-8H2,1H3,(H,25,27). The molecule has 2 aromatic heterocycles. The molecule has 7 nitrogen and oxygen atoms in total. The molecule has 1 aliphatic carbocycles. The van der Waals surface area contributed by atoms with Crippen LogP contribution in [0.5, 0.6) is 0 Å². The molecular weight excluding hydrogens is 368 g/mol. The van der Waals surface area contributed by atoms with Gasteiger partial charge in [-0.2, -0.15) is 5.10 Å². The molecule has 3 aromatic rings. The van der Waals surface area contributed by atoms with Gasteiger partial charge < -0.3 is 10.1 Å². The molecule has 0 bridgehead atoms. The van der Waals surface area contributed by atoms with Crippen molar-refractivity contribution in [3.05, 3.63) is 59.0 Å². The maximum atomic E-state index is 12.8. The minimum atomic E-state index is -0.381. The molecule has 0 fully saturated rings. The third-order valence-corrected chi connectivity index (χ3v) is 5.22. The Bertz CT molecular complexity index is 1040. The third-order valence-electron chi connectivity index (χ3n) is 5.22. The largest absolute Gasteiger partial charge is 0.462 e. The van der Waals surface area contributed by atoms with Gasteiger partial charge in [-0.1, -0.05) is 12.8 Å². The Morgan fingerprint density at radius 2 is 1.83 bits per heavy atom.